The van der Waals surface area contributed by atoms with E-state index in [0.717, 1.165) is 67.0 Å². The number of ether oxygens (including phenoxy) is 3. The molecule has 2 aliphatic heterocycles. The lowest BCUT2D eigenvalue weighted by atomic mass is 10.1. The van der Waals surface area contributed by atoms with Crippen LogP contribution in [0.15, 0.2) is 48.5 Å². The van der Waals surface area contributed by atoms with E-state index in [9.17, 15) is 4.79 Å². The molecule has 0 bridgehead atoms. The predicted molar refractivity (Wildman–Crippen MR) is 145 cm³/mol. The molecular formula is C30H37N3O4. The Kier molecular flexibility index (Phi) is 8.21. The Morgan fingerprint density at radius 1 is 1.11 bits per heavy atom. The Morgan fingerprint density at radius 2 is 1.92 bits per heavy atom. The highest BCUT2D eigenvalue weighted by molar-refractivity contribution is 5.84. The summed E-state index contributed by atoms with van der Waals surface area (Å²) < 4.78 is 17.0. The summed E-state index contributed by atoms with van der Waals surface area (Å²) in [5.41, 5.74) is 4.36. The molecular weight excluding hydrogens is 466 g/mol. The van der Waals surface area contributed by atoms with Crippen LogP contribution < -0.4 is 9.64 Å². The highest BCUT2D eigenvalue weighted by Gasteiger charge is 2.25. The van der Waals surface area contributed by atoms with Crippen LogP contribution in [0.4, 0.5) is 5.82 Å². The maximum Gasteiger partial charge on any atom is 0.223 e. The summed E-state index contributed by atoms with van der Waals surface area (Å²) in [5.74, 6) is 1.86. The van der Waals surface area contributed by atoms with E-state index in [1.807, 2.05) is 23.1 Å². The number of carbonyl (C=O) groups is 1. The molecule has 3 aromatic rings. The number of amides is 1. The molecule has 0 N–H and O–H groups in total. The van der Waals surface area contributed by atoms with Gasteiger partial charge in [0.1, 0.15) is 11.6 Å². The molecule has 3 heterocycles. The van der Waals surface area contributed by atoms with Crippen LogP contribution in [-0.2, 0) is 27.2 Å². The first kappa shape index (κ1) is 25.5. The van der Waals surface area contributed by atoms with Gasteiger partial charge in [-0.1, -0.05) is 29.8 Å². The third-order valence-corrected chi connectivity index (χ3v) is 7.30. The van der Waals surface area contributed by atoms with Gasteiger partial charge in [-0.25, -0.2) is 4.98 Å². The fraction of sp³-hybridized carbons (Fsp3) is 0.467. The molecule has 37 heavy (non-hydrogen) atoms. The highest BCUT2D eigenvalue weighted by atomic mass is 16.5. The van der Waals surface area contributed by atoms with Crippen LogP contribution >= 0.6 is 0 Å². The lowest BCUT2D eigenvalue weighted by Crippen LogP contribution is -2.40. The van der Waals surface area contributed by atoms with E-state index in [2.05, 4.69) is 42.2 Å². The number of nitrogens with zero attached hydrogens (tertiary/aromatic N) is 3. The largest absolute Gasteiger partial charge is 0.497 e. The van der Waals surface area contributed by atoms with Crippen molar-refractivity contribution >= 4 is 22.6 Å². The van der Waals surface area contributed by atoms with Gasteiger partial charge in [-0.3, -0.25) is 4.79 Å². The average Bonchev–Trinajstić information content (AvgIpc) is 3.45. The Labute approximate surface area is 219 Å². The Balaban J connectivity index is 1.43. The lowest BCUT2D eigenvalue weighted by molar-refractivity contribution is -0.133. The van der Waals surface area contributed by atoms with Gasteiger partial charge in [-0.05, 0) is 49.9 Å². The number of aryl methyl sites for hydroxylation is 2. The molecule has 0 saturated carbocycles. The molecule has 7 heteroatoms. The van der Waals surface area contributed by atoms with E-state index in [-0.39, 0.29) is 12.0 Å². The quantitative estimate of drug-likeness (QED) is 0.428. The summed E-state index contributed by atoms with van der Waals surface area (Å²) in [4.78, 5) is 22.9. The number of morpholine rings is 1. The van der Waals surface area contributed by atoms with Gasteiger partial charge in [0.15, 0.2) is 0 Å². The molecule has 0 spiro atoms. The first-order valence-corrected chi connectivity index (χ1v) is 13.3. The first-order chi connectivity index (χ1) is 18.1. The number of hydrogen-bond acceptors (Lipinski definition) is 6. The van der Waals surface area contributed by atoms with Gasteiger partial charge in [0.25, 0.3) is 0 Å². The number of pyridine rings is 1. The van der Waals surface area contributed by atoms with Crippen molar-refractivity contribution in [1.82, 2.24) is 9.88 Å². The number of fused-ring (bicyclic) bond motifs is 1. The molecule has 5 rings (SSSR count). The second kappa shape index (κ2) is 11.9. The second-order valence-electron chi connectivity index (χ2n) is 10.0. The predicted octanol–water partition coefficient (Wildman–Crippen LogP) is 4.53. The summed E-state index contributed by atoms with van der Waals surface area (Å²) in [7, 11) is 1.67. The third kappa shape index (κ3) is 6.40. The van der Waals surface area contributed by atoms with Gasteiger partial charge in [-0.15, -0.1) is 0 Å². The molecule has 7 nitrogen and oxygen atoms in total. The van der Waals surface area contributed by atoms with Crippen molar-refractivity contribution in [2.24, 2.45) is 0 Å². The summed E-state index contributed by atoms with van der Waals surface area (Å²) in [6.07, 6.45) is 3.34. The number of hydrogen-bond donors (Lipinski definition) is 0. The molecule has 0 radical (unpaired) electrons. The van der Waals surface area contributed by atoms with Crippen molar-refractivity contribution in [3.63, 3.8) is 0 Å². The van der Waals surface area contributed by atoms with Crippen molar-refractivity contribution < 1.29 is 19.0 Å². The standard InChI is InChI=1S/C30H37N3O4/c1-22-5-7-23(8-6-22)9-12-29(34)33(21-27-4-3-15-37-27)20-25-18-24-10-11-26(35-2)19-28(24)31-30(25)32-13-16-36-17-14-32/h5-8,10-11,18-19,27H,3-4,9,12-17,20-21H2,1-2H3/t27-/m0/s1. The minimum absolute atomic E-state index is 0.0906. The second-order valence-corrected chi connectivity index (χ2v) is 10.0. The van der Waals surface area contributed by atoms with E-state index in [0.29, 0.717) is 32.7 Å². The highest BCUT2D eigenvalue weighted by Crippen LogP contribution is 2.29. The molecule has 2 aliphatic rings. The minimum Gasteiger partial charge on any atom is -0.497 e. The molecule has 2 saturated heterocycles. The Bertz CT molecular complexity index is 1200. The lowest BCUT2D eigenvalue weighted by Gasteiger charge is -2.32. The van der Waals surface area contributed by atoms with Crippen LogP contribution in [0, 0.1) is 6.92 Å². The molecule has 1 amide bonds. The summed E-state index contributed by atoms with van der Waals surface area (Å²) in [6.45, 7) is 6.88. The zero-order chi connectivity index (χ0) is 25.6. The Hall–Kier alpha value is -3.16. The molecule has 1 aromatic heterocycles. The maximum absolute atomic E-state index is 13.6. The van der Waals surface area contributed by atoms with Crippen molar-refractivity contribution in [2.45, 2.75) is 45.3 Å². The van der Waals surface area contributed by atoms with E-state index >= 15 is 0 Å². The van der Waals surface area contributed by atoms with Gasteiger partial charge < -0.3 is 24.0 Å². The number of rotatable bonds is 9. The topological polar surface area (TPSA) is 64.1 Å². The van der Waals surface area contributed by atoms with Crippen molar-refractivity contribution in [2.75, 3.05) is 51.5 Å². The van der Waals surface area contributed by atoms with Gasteiger partial charge in [0, 0.05) is 56.2 Å². The smallest absolute Gasteiger partial charge is 0.223 e. The van der Waals surface area contributed by atoms with Crippen LogP contribution in [0.25, 0.3) is 10.9 Å². The molecule has 2 aromatic carbocycles. The van der Waals surface area contributed by atoms with Crippen LogP contribution in [-0.4, -0.2) is 68.5 Å². The SMILES string of the molecule is COc1ccc2cc(CN(C[C@@H]3CCCO3)C(=O)CCc3ccc(C)cc3)c(N3CCOCC3)nc2c1. The first-order valence-electron chi connectivity index (χ1n) is 13.3. The molecule has 0 unspecified atom stereocenters. The van der Waals surface area contributed by atoms with Gasteiger partial charge >= 0.3 is 0 Å². The minimum atomic E-state index is 0.0906. The van der Waals surface area contributed by atoms with E-state index < -0.39 is 0 Å². The molecule has 2 fully saturated rings. The van der Waals surface area contributed by atoms with E-state index in [1.54, 1.807) is 7.11 Å². The van der Waals surface area contributed by atoms with Crippen molar-refractivity contribution in [1.29, 1.82) is 0 Å². The van der Waals surface area contributed by atoms with E-state index in [1.165, 1.54) is 11.1 Å². The van der Waals surface area contributed by atoms with Crippen molar-refractivity contribution in [3.8, 4) is 5.75 Å². The molecule has 0 aliphatic carbocycles. The average molecular weight is 504 g/mol. The zero-order valence-electron chi connectivity index (χ0n) is 21.9. The van der Waals surface area contributed by atoms with E-state index in [4.69, 9.17) is 19.2 Å². The van der Waals surface area contributed by atoms with Crippen molar-refractivity contribution in [3.05, 3.63) is 65.2 Å². The normalized spacial score (nSPS) is 17.8. The Morgan fingerprint density at radius 3 is 2.65 bits per heavy atom. The van der Waals surface area contributed by atoms with Gasteiger partial charge in [-0.2, -0.15) is 0 Å². The third-order valence-electron chi connectivity index (χ3n) is 7.30. The van der Waals surface area contributed by atoms with Crippen LogP contribution in [0.3, 0.4) is 0 Å². The summed E-state index contributed by atoms with van der Waals surface area (Å²) >= 11 is 0. The van der Waals surface area contributed by atoms with Crippen LogP contribution in [0.1, 0.15) is 36.0 Å². The molecule has 196 valence electrons. The number of aromatic nitrogens is 1. The van der Waals surface area contributed by atoms with Crippen LogP contribution in [0.2, 0.25) is 0 Å². The number of carbonyl (C=O) groups excluding carboxylic acids is 1. The summed E-state index contributed by atoms with van der Waals surface area (Å²) in [6, 6.07) is 16.6. The van der Waals surface area contributed by atoms with Gasteiger partial charge in [0.2, 0.25) is 5.91 Å². The van der Waals surface area contributed by atoms with Gasteiger partial charge in [0.05, 0.1) is 31.9 Å². The fourth-order valence-corrected chi connectivity index (χ4v) is 5.13. The number of benzene rings is 2. The summed E-state index contributed by atoms with van der Waals surface area (Å²) in [5, 5.41) is 1.04. The number of anilines is 1. The zero-order valence-corrected chi connectivity index (χ0v) is 21.9. The maximum atomic E-state index is 13.6. The monoisotopic (exact) mass is 503 g/mol. The molecule has 1 atom stereocenters. The van der Waals surface area contributed by atoms with Crippen LogP contribution in [0.5, 0.6) is 5.75 Å². The number of methoxy groups -OCH3 is 1. The fourth-order valence-electron chi connectivity index (χ4n) is 5.13.